The molecule has 0 bridgehead atoms. The van der Waals surface area contributed by atoms with E-state index in [4.69, 9.17) is 4.74 Å². The molecule has 1 saturated heterocycles. The second-order valence-electron chi connectivity index (χ2n) is 3.66. The van der Waals surface area contributed by atoms with Crippen molar-refractivity contribution in [2.24, 2.45) is 0 Å². The molecule has 1 aliphatic heterocycles. The first-order valence-electron chi connectivity index (χ1n) is 4.61. The van der Waals surface area contributed by atoms with Crippen LogP contribution < -0.4 is 5.32 Å². The lowest BCUT2D eigenvalue weighted by atomic mass is 9.92. The number of ether oxygens (including phenoxy) is 1. The van der Waals surface area contributed by atoms with Crippen LogP contribution in [0.4, 0.5) is 0 Å². The quantitative estimate of drug-likeness (QED) is 0.770. The fraction of sp³-hybridized carbons (Fsp3) is 0.889. The van der Waals surface area contributed by atoms with Crippen LogP contribution in [-0.4, -0.2) is 30.0 Å². The highest BCUT2D eigenvalue weighted by Gasteiger charge is 2.28. The number of hydrogen-bond acceptors (Lipinski definition) is 2. The summed E-state index contributed by atoms with van der Waals surface area (Å²) in [6.07, 6.45) is 2.39. The van der Waals surface area contributed by atoms with Crippen molar-refractivity contribution >= 4 is 21.8 Å². The third kappa shape index (κ3) is 3.65. The van der Waals surface area contributed by atoms with E-state index in [0.29, 0.717) is 6.42 Å². The molecule has 0 unspecified atom stereocenters. The Morgan fingerprint density at radius 3 is 2.69 bits per heavy atom. The molecule has 1 aliphatic rings. The summed E-state index contributed by atoms with van der Waals surface area (Å²) in [6.45, 7) is 3.60. The summed E-state index contributed by atoms with van der Waals surface area (Å²) in [7, 11) is 0. The molecule has 1 amide bonds. The maximum atomic E-state index is 11.3. The number of halogens is 1. The largest absolute Gasteiger partial charge is 0.381 e. The van der Waals surface area contributed by atoms with Gasteiger partial charge in [0.2, 0.25) is 5.91 Å². The van der Waals surface area contributed by atoms with Crippen molar-refractivity contribution in [2.45, 2.75) is 31.7 Å². The van der Waals surface area contributed by atoms with E-state index in [1.165, 1.54) is 0 Å². The molecule has 1 N–H and O–H groups in total. The lowest BCUT2D eigenvalue weighted by molar-refractivity contribution is -0.123. The maximum absolute atomic E-state index is 11.3. The summed E-state index contributed by atoms with van der Waals surface area (Å²) in [5.74, 6) is 0.126. The summed E-state index contributed by atoms with van der Waals surface area (Å²) < 4.78 is 5.25. The Labute approximate surface area is 87.3 Å². The molecule has 1 rings (SSSR count). The molecule has 3 nitrogen and oxygen atoms in total. The lowest BCUT2D eigenvalue weighted by Crippen LogP contribution is -2.49. The molecule has 13 heavy (non-hydrogen) atoms. The highest BCUT2D eigenvalue weighted by molar-refractivity contribution is 9.09. The molecule has 1 heterocycles. The van der Waals surface area contributed by atoms with Crippen molar-refractivity contribution in [3.8, 4) is 0 Å². The van der Waals surface area contributed by atoms with Crippen molar-refractivity contribution in [1.82, 2.24) is 5.32 Å². The van der Waals surface area contributed by atoms with E-state index < -0.39 is 0 Å². The normalized spacial score (nSPS) is 21.1. The van der Waals surface area contributed by atoms with Gasteiger partial charge >= 0.3 is 0 Å². The summed E-state index contributed by atoms with van der Waals surface area (Å²) >= 11 is 3.25. The minimum Gasteiger partial charge on any atom is -0.381 e. The third-order valence-electron chi connectivity index (χ3n) is 2.36. The smallest absolute Gasteiger partial charge is 0.221 e. The first-order chi connectivity index (χ1) is 6.16. The van der Waals surface area contributed by atoms with Gasteiger partial charge in [-0.1, -0.05) is 15.9 Å². The van der Waals surface area contributed by atoms with Gasteiger partial charge in [0.1, 0.15) is 0 Å². The molecule has 0 atom stereocenters. The van der Waals surface area contributed by atoms with Crippen molar-refractivity contribution in [3.63, 3.8) is 0 Å². The van der Waals surface area contributed by atoms with Crippen LogP contribution in [0.5, 0.6) is 0 Å². The number of hydrogen-bond donors (Lipinski definition) is 1. The Bertz CT molecular complexity index is 178. The zero-order valence-corrected chi connectivity index (χ0v) is 9.52. The molecule has 1 fully saturated rings. The average Bonchev–Trinajstić information content (AvgIpc) is 2.04. The van der Waals surface area contributed by atoms with Gasteiger partial charge in [-0.25, -0.2) is 0 Å². The molecule has 4 heteroatoms. The van der Waals surface area contributed by atoms with Crippen LogP contribution in [0, 0.1) is 0 Å². The van der Waals surface area contributed by atoms with Crippen LogP contribution in [-0.2, 0) is 9.53 Å². The van der Waals surface area contributed by atoms with E-state index >= 15 is 0 Å². The predicted octanol–water partition coefficient (Wildman–Crippen LogP) is 1.46. The number of carbonyl (C=O) groups excluding carboxylic acids is 1. The van der Waals surface area contributed by atoms with Crippen LogP contribution >= 0.6 is 15.9 Å². The Hall–Kier alpha value is -0.0900. The minimum atomic E-state index is -0.0441. The SMILES string of the molecule is CC1(NC(=O)CCBr)CCOCC1. The fourth-order valence-corrected chi connectivity index (χ4v) is 1.79. The van der Waals surface area contributed by atoms with Crippen LogP contribution in [0.25, 0.3) is 0 Å². The molecule has 0 aromatic carbocycles. The van der Waals surface area contributed by atoms with E-state index in [1.54, 1.807) is 0 Å². The van der Waals surface area contributed by atoms with Crippen LogP contribution in [0.2, 0.25) is 0 Å². The number of carbonyl (C=O) groups is 1. The number of alkyl halides is 1. The van der Waals surface area contributed by atoms with Gasteiger partial charge in [0.05, 0.1) is 0 Å². The van der Waals surface area contributed by atoms with Crippen molar-refractivity contribution < 1.29 is 9.53 Å². The average molecular weight is 250 g/mol. The molecule has 0 aromatic rings. The van der Waals surface area contributed by atoms with Crippen LogP contribution in [0.1, 0.15) is 26.2 Å². The van der Waals surface area contributed by atoms with Crippen LogP contribution in [0.3, 0.4) is 0 Å². The Kier molecular flexibility index (Phi) is 4.19. The Morgan fingerprint density at radius 1 is 1.54 bits per heavy atom. The Balaban J connectivity index is 2.36. The van der Waals surface area contributed by atoms with Crippen molar-refractivity contribution in [1.29, 1.82) is 0 Å². The van der Waals surface area contributed by atoms with Gasteiger partial charge in [-0.05, 0) is 19.8 Å². The maximum Gasteiger partial charge on any atom is 0.221 e. The first kappa shape index (κ1) is 11.0. The second-order valence-corrected chi connectivity index (χ2v) is 4.45. The number of nitrogens with one attached hydrogen (secondary N) is 1. The molecule has 76 valence electrons. The molecule has 0 aliphatic carbocycles. The minimum absolute atomic E-state index is 0.0441. The van der Waals surface area contributed by atoms with E-state index in [2.05, 4.69) is 28.2 Å². The highest BCUT2D eigenvalue weighted by atomic mass is 79.9. The monoisotopic (exact) mass is 249 g/mol. The fourth-order valence-electron chi connectivity index (χ4n) is 1.43. The van der Waals surface area contributed by atoms with Crippen LogP contribution in [0.15, 0.2) is 0 Å². The molecular formula is C9H16BrNO2. The Morgan fingerprint density at radius 2 is 2.15 bits per heavy atom. The number of rotatable bonds is 3. The van der Waals surface area contributed by atoms with Gasteiger partial charge in [0.15, 0.2) is 0 Å². The van der Waals surface area contributed by atoms with E-state index in [-0.39, 0.29) is 11.4 Å². The first-order valence-corrected chi connectivity index (χ1v) is 5.73. The van der Waals surface area contributed by atoms with E-state index in [9.17, 15) is 4.79 Å². The van der Waals surface area contributed by atoms with Gasteiger partial charge in [-0.15, -0.1) is 0 Å². The summed E-state index contributed by atoms with van der Waals surface area (Å²) in [4.78, 5) is 11.3. The molecule has 0 radical (unpaired) electrons. The van der Waals surface area contributed by atoms with Gasteiger partial charge in [-0.2, -0.15) is 0 Å². The summed E-state index contributed by atoms with van der Waals surface area (Å²) in [5.41, 5.74) is -0.0441. The third-order valence-corrected chi connectivity index (χ3v) is 2.76. The zero-order chi connectivity index (χ0) is 9.73. The number of amides is 1. The molecule has 0 spiro atoms. The summed E-state index contributed by atoms with van der Waals surface area (Å²) in [5, 5.41) is 3.77. The van der Waals surface area contributed by atoms with E-state index in [1.807, 2.05) is 0 Å². The van der Waals surface area contributed by atoms with Gasteiger partial charge in [0.25, 0.3) is 0 Å². The second kappa shape index (κ2) is 4.96. The molecule has 0 saturated carbocycles. The standard InChI is InChI=1S/C9H16BrNO2/c1-9(3-6-13-7-4-9)11-8(12)2-5-10/h2-7H2,1H3,(H,11,12). The van der Waals surface area contributed by atoms with Crippen molar-refractivity contribution in [2.75, 3.05) is 18.5 Å². The predicted molar refractivity (Wildman–Crippen MR) is 55.0 cm³/mol. The van der Waals surface area contributed by atoms with Crippen molar-refractivity contribution in [3.05, 3.63) is 0 Å². The molecular weight excluding hydrogens is 234 g/mol. The highest BCUT2D eigenvalue weighted by Crippen LogP contribution is 2.19. The topological polar surface area (TPSA) is 38.3 Å². The summed E-state index contributed by atoms with van der Waals surface area (Å²) in [6, 6.07) is 0. The zero-order valence-electron chi connectivity index (χ0n) is 7.94. The van der Waals surface area contributed by atoms with E-state index in [0.717, 1.165) is 31.4 Å². The lowest BCUT2D eigenvalue weighted by Gasteiger charge is -2.34. The van der Waals surface area contributed by atoms with Gasteiger partial charge in [-0.3, -0.25) is 4.79 Å². The van der Waals surface area contributed by atoms with Gasteiger partial charge < -0.3 is 10.1 Å². The molecule has 0 aromatic heterocycles. The van der Waals surface area contributed by atoms with Gasteiger partial charge in [0, 0.05) is 30.5 Å².